The maximum absolute atomic E-state index is 12.4. The molecule has 2 aromatic heterocycles. The Morgan fingerprint density at radius 1 is 1.19 bits per heavy atom. The summed E-state index contributed by atoms with van der Waals surface area (Å²) in [6, 6.07) is 10.0. The SMILES string of the molecule is CC[S+]([O-])c1ccc2c(c1)N(c1ncc(-c3cc(C4CNC4)cc[n+]3[O-])cn1)CC21CC1. The molecule has 7 nitrogen and oxygen atoms in total. The first-order valence-electron chi connectivity index (χ1n) is 11.1. The summed E-state index contributed by atoms with van der Waals surface area (Å²) in [7, 11) is 0. The van der Waals surface area contributed by atoms with E-state index < -0.39 is 11.2 Å². The van der Waals surface area contributed by atoms with Gasteiger partial charge in [0.25, 0.3) is 0 Å². The lowest BCUT2D eigenvalue weighted by molar-refractivity contribution is -0.593. The minimum Gasteiger partial charge on any atom is -0.618 e. The number of anilines is 2. The molecule has 6 rings (SSSR count). The molecule has 2 aliphatic heterocycles. The fourth-order valence-electron chi connectivity index (χ4n) is 4.81. The van der Waals surface area contributed by atoms with Gasteiger partial charge in [-0.25, -0.2) is 9.97 Å². The van der Waals surface area contributed by atoms with Gasteiger partial charge in [-0.1, -0.05) is 6.07 Å². The van der Waals surface area contributed by atoms with Gasteiger partial charge in [-0.2, -0.15) is 4.73 Å². The van der Waals surface area contributed by atoms with Crippen LogP contribution in [0.25, 0.3) is 11.3 Å². The van der Waals surface area contributed by atoms with E-state index in [0.717, 1.165) is 53.4 Å². The lowest BCUT2D eigenvalue weighted by Gasteiger charge is -2.27. The van der Waals surface area contributed by atoms with Crippen molar-refractivity contribution in [1.82, 2.24) is 15.3 Å². The Hall–Kier alpha value is -2.68. The van der Waals surface area contributed by atoms with Gasteiger partial charge >= 0.3 is 0 Å². The Bertz CT molecular complexity index is 1180. The minimum absolute atomic E-state index is 0.173. The van der Waals surface area contributed by atoms with Gasteiger partial charge in [0.05, 0.1) is 11.3 Å². The molecular weight excluding hydrogens is 422 g/mol. The van der Waals surface area contributed by atoms with Crippen molar-refractivity contribution in [1.29, 1.82) is 0 Å². The van der Waals surface area contributed by atoms with E-state index in [0.29, 0.717) is 28.9 Å². The molecule has 3 aliphatic rings. The van der Waals surface area contributed by atoms with Crippen molar-refractivity contribution in [3.05, 3.63) is 65.3 Å². The highest BCUT2D eigenvalue weighted by atomic mass is 32.2. The van der Waals surface area contributed by atoms with Crippen molar-refractivity contribution in [2.24, 2.45) is 0 Å². The first-order chi connectivity index (χ1) is 15.6. The second-order valence-corrected chi connectivity index (χ2v) is 10.7. The monoisotopic (exact) mass is 447 g/mol. The van der Waals surface area contributed by atoms with Gasteiger partial charge in [-0.3, -0.25) is 0 Å². The summed E-state index contributed by atoms with van der Waals surface area (Å²) in [6.45, 7) is 4.66. The average molecular weight is 448 g/mol. The molecule has 1 atom stereocenters. The van der Waals surface area contributed by atoms with E-state index in [4.69, 9.17) is 0 Å². The van der Waals surface area contributed by atoms with E-state index in [2.05, 4.69) is 26.3 Å². The van der Waals surface area contributed by atoms with E-state index in [1.807, 2.05) is 31.2 Å². The molecule has 1 unspecified atom stereocenters. The molecule has 8 heteroatoms. The number of nitrogens with one attached hydrogen (secondary N) is 1. The van der Waals surface area contributed by atoms with Gasteiger partial charge in [0.15, 0.2) is 11.1 Å². The molecule has 0 radical (unpaired) electrons. The van der Waals surface area contributed by atoms with Gasteiger partial charge in [-0.05, 0) is 48.1 Å². The van der Waals surface area contributed by atoms with Crippen molar-refractivity contribution < 1.29 is 9.28 Å². The third-order valence-electron chi connectivity index (χ3n) is 7.04. The second-order valence-electron chi connectivity index (χ2n) is 8.98. The number of hydrogen-bond donors (Lipinski definition) is 1. The summed E-state index contributed by atoms with van der Waals surface area (Å²) in [4.78, 5) is 12.3. The number of fused-ring (bicyclic) bond motifs is 2. The third-order valence-corrected chi connectivity index (χ3v) is 8.35. The molecule has 3 aromatic rings. The maximum Gasteiger partial charge on any atom is 0.229 e. The van der Waals surface area contributed by atoms with Crippen LogP contribution in [0, 0.1) is 5.21 Å². The zero-order valence-electron chi connectivity index (χ0n) is 18.0. The van der Waals surface area contributed by atoms with Crippen molar-refractivity contribution >= 4 is 22.8 Å². The van der Waals surface area contributed by atoms with E-state index in [1.54, 1.807) is 18.6 Å². The predicted octanol–water partition coefficient (Wildman–Crippen LogP) is 2.77. The van der Waals surface area contributed by atoms with Gasteiger partial charge < -0.3 is 20.0 Å². The molecule has 0 bridgehead atoms. The molecule has 1 aromatic carbocycles. The van der Waals surface area contributed by atoms with Crippen LogP contribution in [0.15, 0.2) is 53.8 Å². The smallest absolute Gasteiger partial charge is 0.229 e. The van der Waals surface area contributed by atoms with Crippen molar-refractivity contribution in [2.75, 3.05) is 30.3 Å². The number of benzene rings is 1. The van der Waals surface area contributed by atoms with Crippen LogP contribution in [0.2, 0.25) is 0 Å². The molecule has 1 saturated heterocycles. The van der Waals surface area contributed by atoms with Crippen LogP contribution < -0.4 is 14.9 Å². The van der Waals surface area contributed by atoms with Crippen molar-refractivity contribution in [3.8, 4) is 11.3 Å². The average Bonchev–Trinajstić information content (AvgIpc) is 3.50. The largest absolute Gasteiger partial charge is 0.618 e. The zero-order chi connectivity index (χ0) is 21.9. The standard InChI is InChI=1S/C24H25N5O2S/c1-2-32(31)19-3-4-20-22(10-19)28(15-24(20)6-7-24)23-26-13-18(14-27-23)21-9-16(5-8-29(21)30)17-11-25-12-17/h3-5,8-10,13-14,17,25H,2,6-7,11-12,15H2,1H3. The highest BCUT2D eigenvalue weighted by molar-refractivity contribution is 7.91. The number of aromatic nitrogens is 3. The summed E-state index contributed by atoms with van der Waals surface area (Å²) < 4.78 is 13.3. The summed E-state index contributed by atoms with van der Waals surface area (Å²) in [5.41, 5.74) is 4.98. The van der Waals surface area contributed by atoms with E-state index in [9.17, 15) is 9.76 Å². The first kappa shape index (κ1) is 20.0. The molecule has 1 aliphatic carbocycles. The van der Waals surface area contributed by atoms with E-state index >= 15 is 0 Å². The molecule has 2 fully saturated rings. The third kappa shape index (κ3) is 3.17. The second kappa shape index (κ2) is 7.43. The molecule has 32 heavy (non-hydrogen) atoms. The lowest BCUT2D eigenvalue weighted by Crippen LogP contribution is -2.40. The normalized spacial score (nSPS) is 19.6. The molecule has 0 amide bonds. The number of rotatable bonds is 5. The Balaban J connectivity index is 1.33. The van der Waals surface area contributed by atoms with Crippen LogP contribution >= 0.6 is 0 Å². The summed E-state index contributed by atoms with van der Waals surface area (Å²) >= 11 is -1.00. The number of pyridine rings is 1. The van der Waals surface area contributed by atoms with Gasteiger partial charge in [0.2, 0.25) is 11.6 Å². The van der Waals surface area contributed by atoms with Gasteiger partial charge in [-0.15, -0.1) is 0 Å². The van der Waals surface area contributed by atoms with Crippen molar-refractivity contribution in [3.63, 3.8) is 0 Å². The van der Waals surface area contributed by atoms with Crippen LogP contribution in [0.1, 0.15) is 36.8 Å². The van der Waals surface area contributed by atoms with Gasteiger partial charge in [0.1, 0.15) is 5.75 Å². The Kier molecular flexibility index (Phi) is 4.64. The summed E-state index contributed by atoms with van der Waals surface area (Å²) in [5.74, 6) is 1.67. The highest BCUT2D eigenvalue weighted by Gasteiger charge is 2.52. The molecule has 4 heterocycles. The molecule has 164 valence electrons. The summed E-state index contributed by atoms with van der Waals surface area (Å²) in [5, 5.41) is 15.7. The summed E-state index contributed by atoms with van der Waals surface area (Å²) in [6.07, 6.45) is 7.36. The van der Waals surface area contributed by atoms with E-state index in [1.165, 1.54) is 5.56 Å². The molecule has 1 spiro atoms. The quantitative estimate of drug-likeness (QED) is 0.367. The Morgan fingerprint density at radius 3 is 2.62 bits per heavy atom. The topological polar surface area (TPSA) is 91.0 Å². The van der Waals surface area contributed by atoms with Crippen LogP contribution in [-0.4, -0.2) is 39.9 Å². The van der Waals surface area contributed by atoms with Crippen LogP contribution in [0.5, 0.6) is 0 Å². The van der Waals surface area contributed by atoms with E-state index in [-0.39, 0.29) is 5.41 Å². The predicted molar refractivity (Wildman–Crippen MR) is 123 cm³/mol. The van der Waals surface area contributed by atoms with Gasteiger partial charge in [0, 0.05) is 61.6 Å². The lowest BCUT2D eigenvalue weighted by atomic mass is 9.93. The van der Waals surface area contributed by atoms with Crippen LogP contribution in [-0.2, 0) is 16.6 Å². The minimum atomic E-state index is -1.00. The number of hydrogen-bond acceptors (Lipinski definition) is 6. The molecule has 1 saturated carbocycles. The highest BCUT2D eigenvalue weighted by Crippen LogP contribution is 2.58. The van der Waals surface area contributed by atoms with Crippen LogP contribution in [0.3, 0.4) is 0 Å². The fourth-order valence-corrected chi connectivity index (χ4v) is 5.60. The number of nitrogens with zero attached hydrogens (tertiary/aromatic N) is 4. The molecular formula is C24H25N5O2S. The Morgan fingerprint density at radius 2 is 1.97 bits per heavy atom. The first-order valence-corrected chi connectivity index (χ1v) is 12.5. The molecule has 1 N–H and O–H groups in total. The van der Waals surface area contributed by atoms with Crippen molar-refractivity contribution in [2.45, 2.75) is 36.0 Å². The Labute approximate surface area is 190 Å². The zero-order valence-corrected chi connectivity index (χ0v) is 18.8. The van der Waals surface area contributed by atoms with Crippen LogP contribution in [0.4, 0.5) is 11.6 Å². The fraction of sp³-hybridized carbons (Fsp3) is 0.375. The maximum atomic E-state index is 12.4.